The van der Waals surface area contributed by atoms with Gasteiger partial charge in [0.1, 0.15) is 5.75 Å². The number of hydrogen-bond acceptors (Lipinski definition) is 3. The zero-order chi connectivity index (χ0) is 15.6. The Morgan fingerprint density at radius 3 is 2.55 bits per heavy atom. The monoisotopic (exact) mass is 304 g/mol. The second-order valence-electron chi connectivity index (χ2n) is 6.21. The van der Waals surface area contributed by atoms with Crippen molar-refractivity contribution in [2.75, 3.05) is 13.7 Å². The molecule has 2 rings (SSSR count). The van der Waals surface area contributed by atoms with E-state index in [2.05, 4.69) is 0 Å². The van der Waals surface area contributed by atoms with Crippen LogP contribution in [0.25, 0.3) is 0 Å². The van der Waals surface area contributed by atoms with Crippen molar-refractivity contribution in [2.45, 2.75) is 57.8 Å². The molecule has 1 fully saturated rings. The maximum absolute atomic E-state index is 11.7. The Morgan fingerprint density at radius 2 is 1.86 bits per heavy atom. The molecular formula is C19H28O3. The molecule has 0 atom stereocenters. The van der Waals surface area contributed by atoms with Crippen LogP contribution in [-0.2, 0) is 16.0 Å². The molecule has 0 unspecified atom stereocenters. The van der Waals surface area contributed by atoms with Crippen LogP contribution in [0.2, 0.25) is 0 Å². The average molecular weight is 304 g/mol. The highest BCUT2D eigenvalue weighted by atomic mass is 16.5. The van der Waals surface area contributed by atoms with E-state index >= 15 is 0 Å². The number of rotatable bonds is 8. The first kappa shape index (κ1) is 16.9. The topological polar surface area (TPSA) is 35.5 Å². The van der Waals surface area contributed by atoms with Crippen LogP contribution in [-0.4, -0.2) is 19.7 Å². The first-order chi connectivity index (χ1) is 10.8. The highest BCUT2D eigenvalue weighted by molar-refractivity contribution is 5.69. The first-order valence-electron chi connectivity index (χ1n) is 8.56. The fourth-order valence-electron chi connectivity index (χ4n) is 3.16. The Kier molecular flexibility index (Phi) is 7.27. The maximum Gasteiger partial charge on any atom is 0.305 e. The second kappa shape index (κ2) is 9.50. The van der Waals surface area contributed by atoms with Gasteiger partial charge in [0.15, 0.2) is 0 Å². The molecule has 0 spiro atoms. The molecule has 1 aromatic rings. The maximum atomic E-state index is 11.7. The Labute approximate surface area is 134 Å². The van der Waals surface area contributed by atoms with Crippen molar-refractivity contribution in [3.63, 3.8) is 0 Å². The summed E-state index contributed by atoms with van der Waals surface area (Å²) in [6.07, 6.45) is 10.3. The number of ether oxygens (including phenoxy) is 2. The Morgan fingerprint density at radius 1 is 1.14 bits per heavy atom. The summed E-state index contributed by atoms with van der Waals surface area (Å²) in [5, 5.41) is 0. The smallest absolute Gasteiger partial charge is 0.305 e. The number of carbonyl (C=O) groups is 1. The molecule has 0 amide bonds. The molecule has 1 aliphatic rings. The summed E-state index contributed by atoms with van der Waals surface area (Å²) in [5.74, 6) is 1.65. The van der Waals surface area contributed by atoms with Crippen LogP contribution < -0.4 is 4.74 Å². The van der Waals surface area contributed by atoms with E-state index < -0.39 is 0 Å². The number of methoxy groups -OCH3 is 1. The van der Waals surface area contributed by atoms with Gasteiger partial charge in [-0.05, 0) is 36.5 Å². The van der Waals surface area contributed by atoms with E-state index in [1.807, 2.05) is 24.3 Å². The van der Waals surface area contributed by atoms with Crippen molar-refractivity contribution in [2.24, 2.45) is 5.92 Å². The molecule has 0 aliphatic heterocycles. The Balaban J connectivity index is 1.55. The van der Waals surface area contributed by atoms with Gasteiger partial charge in [-0.25, -0.2) is 0 Å². The van der Waals surface area contributed by atoms with Gasteiger partial charge in [-0.1, -0.05) is 44.2 Å². The molecule has 1 saturated carbocycles. The Bertz CT molecular complexity index is 432. The van der Waals surface area contributed by atoms with Gasteiger partial charge in [0.25, 0.3) is 0 Å². The molecule has 0 N–H and O–H groups in total. The van der Waals surface area contributed by atoms with E-state index in [1.54, 1.807) is 7.11 Å². The fraction of sp³-hybridized carbons (Fsp3) is 0.632. The van der Waals surface area contributed by atoms with Crippen molar-refractivity contribution in [3.8, 4) is 5.75 Å². The summed E-state index contributed by atoms with van der Waals surface area (Å²) in [6.45, 7) is 0.467. The predicted octanol–water partition coefficient (Wildman–Crippen LogP) is 4.53. The van der Waals surface area contributed by atoms with Gasteiger partial charge < -0.3 is 9.47 Å². The molecular weight excluding hydrogens is 276 g/mol. The van der Waals surface area contributed by atoms with Crippen molar-refractivity contribution >= 4 is 5.97 Å². The lowest BCUT2D eigenvalue weighted by Gasteiger charge is -2.20. The molecule has 1 aromatic carbocycles. The molecule has 3 nitrogen and oxygen atoms in total. The van der Waals surface area contributed by atoms with Gasteiger partial charge >= 0.3 is 5.97 Å². The summed E-state index contributed by atoms with van der Waals surface area (Å²) in [4.78, 5) is 11.7. The number of benzene rings is 1. The molecule has 0 bridgehead atoms. The molecule has 0 saturated heterocycles. The number of hydrogen-bond donors (Lipinski definition) is 0. The third-order valence-corrected chi connectivity index (χ3v) is 4.53. The lowest BCUT2D eigenvalue weighted by Crippen LogP contribution is -2.10. The predicted molar refractivity (Wildman–Crippen MR) is 88.1 cm³/mol. The summed E-state index contributed by atoms with van der Waals surface area (Å²) < 4.78 is 10.4. The van der Waals surface area contributed by atoms with Gasteiger partial charge in [0, 0.05) is 12.8 Å². The van der Waals surface area contributed by atoms with E-state index in [9.17, 15) is 4.79 Å². The van der Waals surface area contributed by atoms with Gasteiger partial charge in [-0.2, -0.15) is 0 Å². The van der Waals surface area contributed by atoms with E-state index in [4.69, 9.17) is 9.47 Å². The number of carbonyl (C=O) groups excluding carboxylic acids is 1. The SMILES string of the molecule is COc1ccc(CCOC(=O)CCCC2CCCCC2)cc1. The lowest BCUT2D eigenvalue weighted by atomic mass is 9.86. The van der Waals surface area contributed by atoms with E-state index in [0.717, 1.165) is 30.1 Å². The van der Waals surface area contributed by atoms with Gasteiger partial charge in [0.05, 0.1) is 13.7 Å². The van der Waals surface area contributed by atoms with Gasteiger partial charge in [-0.15, -0.1) is 0 Å². The highest BCUT2D eigenvalue weighted by Crippen LogP contribution is 2.27. The molecule has 0 aromatic heterocycles. The second-order valence-corrected chi connectivity index (χ2v) is 6.21. The Hall–Kier alpha value is -1.51. The van der Waals surface area contributed by atoms with Gasteiger partial charge in [0.2, 0.25) is 0 Å². The normalized spacial score (nSPS) is 15.5. The summed E-state index contributed by atoms with van der Waals surface area (Å²) in [6, 6.07) is 7.88. The van der Waals surface area contributed by atoms with E-state index in [0.29, 0.717) is 13.0 Å². The van der Waals surface area contributed by atoms with Crippen LogP contribution >= 0.6 is 0 Å². The molecule has 3 heteroatoms. The van der Waals surface area contributed by atoms with Crippen LogP contribution in [0.4, 0.5) is 0 Å². The summed E-state index contributed by atoms with van der Waals surface area (Å²) in [7, 11) is 1.66. The fourth-order valence-corrected chi connectivity index (χ4v) is 3.16. The largest absolute Gasteiger partial charge is 0.497 e. The minimum Gasteiger partial charge on any atom is -0.497 e. The summed E-state index contributed by atoms with van der Waals surface area (Å²) >= 11 is 0. The lowest BCUT2D eigenvalue weighted by molar-refractivity contribution is -0.143. The minimum absolute atomic E-state index is 0.0516. The molecule has 22 heavy (non-hydrogen) atoms. The first-order valence-corrected chi connectivity index (χ1v) is 8.56. The van der Waals surface area contributed by atoms with Crippen LogP contribution in [0, 0.1) is 5.92 Å². The van der Waals surface area contributed by atoms with Gasteiger partial charge in [-0.3, -0.25) is 4.79 Å². The quantitative estimate of drug-likeness (QED) is 0.662. The third kappa shape index (κ3) is 6.08. The summed E-state index contributed by atoms with van der Waals surface area (Å²) in [5.41, 5.74) is 1.16. The third-order valence-electron chi connectivity index (χ3n) is 4.53. The van der Waals surface area contributed by atoms with E-state index in [-0.39, 0.29) is 5.97 Å². The highest BCUT2D eigenvalue weighted by Gasteiger charge is 2.13. The zero-order valence-electron chi connectivity index (χ0n) is 13.7. The minimum atomic E-state index is -0.0516. The van der Waals surface area contributed by atoms with Crippen molar-refractivity contribution in [3.05, 3.63) is 29.8 Å². The van der Waals surface area contributed by atoms with Crippen molar-refractivity contribution < 1.29 is 14.3 Å². The van der Waals surface area contributed by atoms with Crippen LogP contribution in [0.3, 0.4) is 0 Å². The molecule has 0 radical (unpaired) electrons. The molecule has 122 valence electrons. The van der Waals surface area contributed by atoms with E-state index in [1.165, 1.54) is 38.5 Å². The van der Waals surface area contributed by atoms with Crippen molar-refractivity contribution in [1.29, 1.82) is 0 Å². The van der Waals surface area contributed by atoms with Crippen LogP contribution in [0.5, 0.6) is 5.75 Å². The standard InChI is InChI=1S/C19H28O3/c1-21-18-12-10-17(11-13-18)14-15-22-19(20)9-5-8-16-6-3-2-4-7-16/h10-13,16H,2-9,14-15H2,1H3. The van der Waals surface area contributed by atoms with Crippen molar-refractivity contribution in [1.82, 2.24) is 0 Å². The van der Waals surface area contributed by atoms with Crippen LogP contribution in [0.1, 0.15) is 56.9 Å². The molecule has 0 heterocycles. The average Bonchev–Trinajstić information content (AvgIpc) is 2.56. The molecule has 1 aliphatic carbocycles. The zero-order valence-corrected chi connectivity index (χ0v) is 13.7. The van der Waals surface area contributed by atoms with Crippen LogP contribution in [0.15, 0.2) is 24.3 Å². The number of esters is 1.